The molecule has 2 saturated carbocycles. The van der Waals surface area contributed by atoms with Crippen LogP contribution in [0.5, 0.6) is 0 Å². The molecule has 57 heavy (non-hydrogen) atoms. The van der Waals surface area contributed by atoms with Gasteiger partial charge < -0.3 is 26.4 Å². The van der Waals surface area contributed by atoms with Gasteiger partial charge in [0, 0.05) is 36.1 Å². The first-order valence-electron chi connectivity index (χ1n) is 19.6. The van der Waals surface area contributed by atoms with Crippen molar-refractivity contribution in [3.63, 3.8) is 0 Å². The second-order valence-electron chi connectivity index (χ2n) is 16.5. The van der Waals surface area contributed by atoms with Gasteiger partial charge in [-0.15, -0.1) is 5.10 Å². The van der Waals surface area contributed by atoms with Gasteiger partial charge in [-0.05, 0) is 76.1 Å². The van der Waals surface area contributed by atoms with E-state index in [1.165, 1.54) is 40.0 Å². The van der Waals surface area contributed by atoms with Crippen molar-refractivity contribution in [3.05, 3.63) is 41.7 Å². The smallest absolute Gasteiger partial charge is 0.287 e. The van der Waals surface area contributed by atoms with Crippen molar-refractivity contribution in [2.45, 2.75) is 131 Å². The maximum absolute atomic E-state index is 14.9. The zero-order valence-electron chi connectivity index (χ0n) is 32.3. The van der Waals surface area contributed by atoms with Gasteiger partial charge in [0.2, 0.25) is 27.6 Å². The molecule has 3 atom stereocenters. The number of aliphatic hydroxyl groups is 1. The monoisotopic (exact) mass is 834 g/mol. The van der Waals surface area contributed by atoms with E-state index in [1.807, 2.05) is 0 Å². The number of rotatable bonds is 14. The SMILES string of the molecule is CC(C)(O)c1cnnn1[C@H]1C[C@@H](C(=O)NC2(C(=O)C(N)=O)CCS(O)(O)CC2)N(C(=O)[C@@H](CC2CCCCC2)NC(=O)c2ccc(S(=O)(=O)NC3CCC3)cc2)C1. The van der Waals surface area contributed by atoms with E-state index in [9.17, 15) is 46.6 Å². The van der Waals surface area contributed by atoms with Crippen LogP contribution in [-0.2, 0) is 34.8 Å². The summed E-state index contributed by atoms with van der Waals surface area (Å²) in [6, 6.07) is 2.25. The van der Waals surface area contributed by atoms with E-state index in [1.54, 1.807) is 13.8 Å². The molecule has 314 valence electrons. The summed E-state index contributed by atoms with van der Waals surface area (Å²) in [6.07, 6.45) is 8.15. The quantitative estimate of drug-likeness (QED) is 0.134. The second kappa shape index (κ2) is 16.7. The van der Waals surface area contributed by atoms with Crippen LogP contribution in [0.15, 0.2) is 35.4 Å². The van der Waals surface area contributed by atoms with Crippen LogP contribution in [0.4, 0.5) is 0 Å². The van der Waals surface area contributed by atoms with Gasteiger partial charge in [0.25, 0.3) is 11.8 Å². The first kappa shape index (κ1) is 42.7. The van der Waals surface area contributed by atoms with Crippen molar-refractivity contribution in [1.29, 1.82) is 0 Å². The summed E-state index contributed by atoms with van der Waals surface area (Å²) in [5, 5.41) is 24.6. The fraction of sp³-hybridized carbons (Fsp3) is 0.649. The molecule has 0 spiro atoms. The van der Waals surface area contributed by atoms with E-state index in [2.05, 4.69) is 25.7 Å². The number of aromatic nitrogens is 3. The minimum Gasteiger partial charge on any atom is -0.384 e. The summed E-state index contributed by atoms with van der Waals surface area (Å²) in [4.78, 5) is 69.9. The molecule has 4 aliphatic rings. The average molecular weight is 835 g/mol. The van der Waals surface area contributed by atoms with Crippen molar-refractivity contribution >= 4 is 50.0 Å². The summed E-state index contributed by atoms with van der Waals surface area (Å²) in [6.45, 7) is 2.98. The van der Waals surface area contributed by atoms with Crippen LogP contribution in [0.1, 0.15) is 113 Å². The number of benzene rings is 1. The number of amides is 4. The van der Waals surface area contributed by atoms with Crippen LogP contribution in [-0.4, -0.2) is 114 Å². The lowest BCUT2D eigenvalue weighted by Crippen LogP contribution is -2.64. The fourth-order valence-electron chi connectivity index (χ4n) is 8.32. The summed E-state index contributed by atoms with van der Waals surface area (Å²) in [5.41, 5.74) is 2.61. The Kier molecular flexibility index (Phi) is 12.5. The summed E-state index contributed by atoms with van der Waals surface area (Å²) < 4.78 is 50.5. The predicted octanol–water partition coefficient (Wildman–Crippen LogP) is 1.70. The molecule has 1 aromatic carbocycles. The van der Waals surface area contributed by atoms with Gasteiger partial charge in [0.15, 0.2) is 0 Å². The summed E-state index contributed by atoms with van der Waals surface area (Å²) in [5.74, 6) is -4.83. The predicted molar refractivity (Wildman–Crippen MR) is 208 cm³/mol. The van der Waals surface area contributed by atoms with Gasteiger partial charge in [0.1, 0.15) is 23.2 Å². The Morgan fingerprint density at radius 1 is 1.00 bits per heavy atom. The number of carbonyl (C=O) groups excluding carboxylic acids is 5. The average Bonchev–Trinajstić information content (AvgIpc) is 3.83. The molecule has 0 radical (unpaired) electrons. The lowest BCUT2D eigenvalue weighted by molar-refractivity contribution is -0.145. The van der Waals surface area contributed by atoms with Crippen LogP contribution in [0, 0.1) is 5.92 Å². The third kappa shape index (κ3) is 9.68. The van der Waals surface area contributed by atoms with Crippen LogP contribution >= 0.6 is 10.6 Å². The first-order chi connectivity index (χ1) is 26.8. The Hall–Kier alpha value is -3.95. The van der Waals surface area contributed by atoms with E-state index in [0.29, 0.717) is 5.69 Å². The Balaban J connectivity index is 1.30. The molecule has 0 bridgehead atoms. The van der Waals surface area contributed by atoms with Gasteiger partial charge >= 0.3 is 0 Å². The number of hydrogen-bond acceptors (Lipinski definition) is 12. The Labute approximate surface area is 333 Å². The van der Waals surface area contributed by atoms with Gasteiger partial charge in [-0.3, -0.25) is 33.1 Å². The zero-order chi connectivity index (χ0) is 41.3. The largest absolute Gasteiger partial charge is 0.384 e. The number of likely N-dealkylation sites (tertiary alicyclic amines) is 1. The van der Waals surface area contributed by atoms with Gasteiger partial charge in [-0.1, -0.05) is 43.7 Å². The van der Waals surface area contributed by atoms with Gasteiger partial charge in [-0.2, -0.15) is 10.6 Å². The molecule has 1 aromatic heterocycles. The van der Waals surface area contributed by atoms with Crippen molar-refractivity contribution < 1.29 is 46.6 Å². The molecule has 2 saturated heterocycles. The number of ketones is 1. The molecule has 20 heteroatoms. The summed E-state index contributed by atoms with van der Waals surface area (Å²) >= 11 is 0. The number of nitrogens with two attached hydrogens (primary N) is 1. The lowest BCUT2D eigenvalue weighted by Gasteiger charge is -2.45. The number of nitrogens with one attached hydrogen (secondary N) is 3. The van der Waals surface area contributed by atoms with E-state index in [0.717, 1.165) is 51.4 Å². The molecule has 6 rings (SSSR count). The van der Waals surface area contributed by atoms with Crippen LogP contribution in [0.2, 0.25) is 0 Å². The summed E-state index contributed by atoms with van der Waals surface area (Å²) in [7, 11) is -6.85. The molecule has 8 N–H and O–H groups in total. The number of carbonyl (C=O) groups is 5. The highest BCUT2D eigenvalue weighted by Crippen LogP contribution is 2.47. The number of nitrogens with zero attached hydrogens (tertiary/aromatic N) is 4. The van der Waals surface area contributed by atoms with Crippen molar-refractivity contribution in [3.8, 4) is 0 Å². The number of Topliss-reactive ketones (excluding diaryl/α,β-unsaturated/α-hetero) is 1. The van der Waals surface area contributed by atoms with Crippen molar-refractivity contribution in [1.82, 2.24) is 35.2 Å². The normalized spacial score (nSPS) is 23.8. The molecule has 2 aromatic rings. The van der Waals surface area contributed by atoms with Gasteiger partial charge in [-0.25, -0.2) is 17.8 Å². The highest BCUT2D eigenvalue weighted by Gasteiger charge is 2.51. The third-order valence-corrected chi connectivity index (χ3v) is 15.1. The molecular weight excluding hydrogens is 781 g/mol. The lowest BCUT2D eigenvalue weighted by atomic mass is 9.84. The standard InChI is InChI=1S/C37H54N8O10S2/c1-36(2,51)30-21-39-43-45(30)26-20-29(34(49)41-37(31(46)32(38)47)15-17-56(52,53)18-16-37)44(22-26)35(50)28(19-23-7-4-3-5-8-23)40-33(48)24-11-13-27(14-12-24)57(54,55)42-25-9-6-10-25/h11-14,21,23,25-26,28-29,42,51-53H,3-10,15-20,22H2,1-2H3,(H2,38,47)(H,40,48)(H,41,49)/t26-,28+,29-/m0/s1. The maximum Gasteiger partial charge on any atom is 0.287 e. The highest BCUT2D eigenvalue weighted by molar-refractivity contribution is 8.24. The molecule has 4 fully saturated rings. The molecular formula is C37H54N8O10S2. The molecule has 3 heterocycles. The Bertz CT molecular complexity index is 1950. The molecule has 2 aliphatic carbocycles. The molecule has 4 amide bonds. The maximum atomic E-state index is 14.9. The fourth-order valence-corrected chi connectivity index (χ4v) is 11.2. The molecule has 18 nitrogen and oxygen atoms in total. The second-order valence-corrected chi connectivity index (χ2v) is 20.7. The first-order valence-corrected chi connectivity index (χ1v) is 22.9. The Morgan fingerprint density at radius 2 is 1.65 bits per heavy atom. The highest BCUT2D eigenvalue weighted by atomic mass is 32.3. The topological polar surface area (TPSA) is 276 Å². The van der Waals surface area contributed by atoms with E-state index in [-0.39, 0.29) is 66.2 Å². The van der Waals surface area contributed by atoms with Gasteiger partial charge in [0.05, 0.1) is 22.8 Å². The minimum absolute atomic E-state index is 0.00640. The Morgan fingerprint density at radius 3 is 2.23 bits per heavy atom. The van der Waals surface area contributed by atoms with Crippen molar-refractivity contribution in [2.24, 2.45) is 11.7 Å². The van der Waals surface area contributed by atoms with Crippen molar-refractivity contribution in [2.75, 3.05) is 18.1 Å². The van der Waals surface area contributed by atoms with Crippen LogP contribution in [0.3, 0.4) is 0 Å². The number of hydrogen-bond donors (Lipinski definition) is 7. The van der Waals surface area contributed by atoms with Crippen LogP contribution in [0.25, 0.3) is 0 Å². The molecule has 0 unspecified atom stereocenters. The van der Waals surface area contributed by atoms with Crippen LogP contribution < -0.4 is 21.1 Å². The third-order valence-electron chi connectivity index (χ3n) is 11.9. The number of primary amides is 1. The van der Waals surface area contributed by atoms with E-state index >= 15 is 0 Å². The zero-order valence-corrected chi connectivity index (χ0v) is 33.9. The van der Waals surface area contributed by atoms with E-state index < -0.39 is 79.3 Å². The number of sulfonamides is 1. The van der Waals surface area contributed by atoms with E-state index in [4.69, 9.17) is 5.73 Å². The molecule has 2 aliphatic heterocycles. The minimum atomic E-state index is -3.79.